The van der Waals surface area contributed by atoms with Crippen molar-refractivity contribution in [3.8, 4) is 0 Å². The highest BCUT2D eigenvalue weighted by Crippen LogP contribution is 2.39. The Hall–Kier alpha value is -2.25. The van der Waals surface area contributed by atoms with Gasteiger partial charge in [-0.25, -0.2) is 13.2 Å². The maximum Gasteiger partial charge on any atom is 0.337 e. The average molecular weight is 374 g/mol. The number of esters is 1. The largest absolute Gasteiger partial charge is 0.465 e. The molecular formula is C19H22N2O4S. The van der Waals surface area contributed by atoms with E-state index in [9.17, 15) is 13.2 Å². The minimum atomic E-state index is -3.79. The van der Waals surface area contributed by atoms with Gasteiger partial charge in [0.1, 0.15) is 0 Å². The Morgan fingerprint density at radius 1 is 1.27 bits per heavy atom. The van der Waals surface area contributed by atoms with Gasteiger partial charge in [-0.1, -0.05) is 12.1 Å². The SMILES string of the molecule is COC(=O)c1ccc(C)c(S(=O)(=O)N(C2CC2)C(C)c2ccccn2)c1. The van der Waals surface area contributed by atoms with E-state index in [2.05, 4.69) is 4.98 Å². The van der Waals surface area contributed by atoms with Gasteiger partial charge in [-0.3, -0.25) is 4.98 Å². The van der Waals surface area contributed by atoms with Crippen LogP contribution in [0.15, 0.2) is 47.5 Å². The number of sulfonamides is 1. The fraction of sp³-hybridized carbons (Fsp3) is 0.368. The second-order valence-corrected chi connectivity index (χ2v) is 8.28. The molecule has 0 amide bonds. The molecule has 2 aromatic rings. The minimum Gasteiger partial charge on any atom is -0.465 e. The lowest BCUT2D eigenvalue weighted by Crippen LogP contribution is -2.36. The summed E-state index contributed by atoms with van der Waals surface area (Å²) in [6.07, 6.45) is 3.31. The number of methoxy groups -OCH3 is 1. The molecule has 0 aliphatic heterocycles. The Balaban J connectivity index is 2.06. The monoisotopic (exact) mass is 374 g/mol. The number of nitrogens with zero attached hydrogens (tertiary/aromatic N) is 2. The van der Waals surface area contributed by atoms with Gasteiger partial charge >= 0.3 is 5.97 Å². The molecule has 3 rings (SSSR count). The molecule has 0 radical (unpaired) electrons. The molecular weight excluding hydrogens is 352 g/mol. The molecule has 1 heterocycles. The zero-order valence-electron chi connectivity index (χ0n) is 15.0. The quantitative estimate of drug-likeness (QED) is 0.726. The first-order chi connectivity index (χ1) is 12.4. The molecule has 1 unspecified atom stereocenters. The molecule has 7 heteroatoms. The topological polar surface area (TPSA) is 76.6 Å². The number of aromatic nitrogens is 1. The van der Waals surface area contributed by atoms with Crippen LogP contribution in [0.5, 0.6) is 0 Å². The Kier molecular flexibility index (Phi) is 5.11. The number of pyridine rings is 1. The first-order valence-electron chi connectivity index (χ1n) is 8.49. The van der Waals surface area contributed by atoms with Crippen molar-refractivity contribution in [3.05, 3.63) is 59.4 Å². The van der Waals surface area contributed by atoms with Crippen LogP contribution in [-0.4, -0.2) is 36.8 Å². The van der Waals surface area contributed by atoms with Gasteiger partial charge in [-0.05, 0) is 56.5 Å². The number of hydrogen-bond donors (Lipinski definition) is 0. The predicted molar refractivity (Wildman–Crippen MR) is 97.2 cm³/mol. The van der Waals surface area contributed by atoms with E-state index in [1.807, 2.05) is 19.1 Å². The third-order valence-electron chi connectivity index (χ3n) is 4.57. The number of aryl methyl sites for hydroxylation is 1. The van der Waals surface area contributed by atoms with Crippen molar-refractivity contribution < 1.29 is 17.9 Å². The number of hydrogen-bond acceptors (Lipinski definition) is 5. The summed E-state index contributed by atoms with van der Waals surface area (Å²) in [5.41, 5.74) is 1.51. The number of benzene rings is 1. The fourth-order valence-electron chi connectivity index (χ4n) is 3.04. The van der Waals surface area contributed by atoms with Crippen molar-refractivity contribution in [2.75, 3.05) is 7.11 Å². The molecule has 1 atom stereocenters. The first-order valence-corrected chi connectivity index (χ1v) is 9.93. The minimum absolute atomic E-state index is 0.0433. The van der Waals surface area contributed by atoms with E-state index in [1.54, 1.807) is 31.3 Å². The van der Waals surface area contributed by atoms with Gasteiger partial charge in [0.05, 0.1) is 29.3 Å². The molecule has 0 bridgehead atoms. The van der Waals surface area contributed by atoms with Crippen LogP contribution < -0.4 is 0 Å². The third kappa shape index (κ3) is 3.50. The van der Waals surface area contributed by atoms with E-state index in [0.717, 1.165) is 12.8 Å². The van der Waals surface area contributed by atoms with Gasteiger partial charge < -0.3 is 4.74 Å². The molecule has 1 aliphatic rings. The summed E-state index contributed by atoms with van der Waals surface area (Å²) >= 11 is 0. The Morgan fingerprint density at radius 2 is 2.00 bits per heavy atom. The van der Waals surface area contributed by atoms with Gasteiger partial charge in [-0.2, -0.15) is 4.31 Å². The summed E-state index contributed by atoms with van der Waals surface area (Å²) in [5, 5.41) is 0. The lowest BCUT2D eigenvalue weighted by molar-refractivity contribution is 0.0600. The van der Waals surface area contributed by atoms with Crippen molar-refractivity contribution in [2.45, 2.75) is 43.7 Å². The van der Waals surface area contributed by atoms with E-state index >= 15 is 0 Å². The van der Waals surface area contributed by atoms with E-state index in [-0.39, 0.29) is 16.5 Å². The number of ether oxygens (including phenoxy) is 1. The van der Waals surface area contributed by atoms with Crippen molar-refractivity contribution in [3.63, 3.8) is 0 Å². The average Bonchev–Trinajstić information content (AvgIpc) is 3.46. The van der Waals surface area contributed by atoms with Gasteiger partial charge in [0, 0.05) is 12.2 Å². The molecule has 1 aromatic carbocycles. The van der Waals surface area contributed by atoms with Crippen LogP contribution in [0, 0.1) is 6.92 Å². The first kappa shape index (κ1) is 18.5. The Bertz CT molecular complexity index is 908. The van der Waals surface area contributed by atoms with E-state index in [4.69, 9.17) is 4.74 Å². The van der Waals surface area contributed by atoms with Crippen LogP contribution in [0.2, 0.25) is 0 Å². The van der Waals surface area contributed by atoms with Crippen molar-refractivity contribution in [1.29, 1.82) is 0 Å². The summed E-state index contributed by atoms with van der Waals surface area (Å²) in [5.74, 6) is -0.558. The standard InChI is InChI=1S/C19H22N2O4S/c1-13-7-8-15(19(22)25-3)12-18(13)26(23,24)21(16-9-10-16)14(2)17-6-4-5-11-20-17/h4-8,11-12,14,16H,9-10H2,1-3H3. The molecule has 26 heavy (non-hydrogen) atoms. The Morgan fingerprint density at radius 3 is 2.58 bits per heavy atom. The maximum absolute atomic E-state index is 13.5. The zero-order chi connectivity index (χ0) is 18.9. The molecule has 1 saturated carbocycles. The van der Waals surface area contributed by atoms with Crippen LogP contribution in [0.1, 0.15) is 47.4 Å². The van der Waals surface area contributed by atoms with Crippen LogP contribution in [0.3, 0.4) is 0 Å². The van der Waals surface area contributed by atoms with Crippen LogP contribution in [0.4, 0.5) is 0 Å². The highest BCUT2D eigenvalue weighted by atomic mass is 32.2. The predicted octanol–water partition coefficient (Wildman–Crippen LogP) is 3.09. The second kappa shape index (κ2) is 7.17. The smallest absolute Gasteiger partial charge is 0.337 e. The van der Waals surface area contributed by atoms with Crippen LogP contribution in [-0.2, 0) is 14.8 Å². The van der Waals surface area contributed by atoms with Gasteiger partial charge in [0.15, 0.2) is 0 Å². The number of carbonyl (C=O) groups is 1. The van der Waals surface area contributed by atoms with Gasteiger partial charge in [0.25, 0.3) is 0 Å². The molecule has 0 saturated heterocycles. The lowest BCUT2D eigenvalue weighted by Gasteiger charge is -2.28. The van der Waals surface area contributed by atoms with Crippen LogP contribution in [0.25, 0.3) is 0 Å². The molecule has 0 spiro atoms. The van der Waals surface area contributed by atoms with Crippen molar-refractivity contribution >= 4 is 16.0 Å². The second-order valence-electron chi connectivity index (χ2n) is 6.47. The fourth-order valence-corrected chi connectivity index (χ4v) is 5.15. The lowest BCUT2D eigenvalue weighted by atomic mass is 10.1. The summed E-state index contributed by atoms with van der Waals surface area (Å²) in [6, 6.07) is 9.65. The summed E-state index contributed by atoms with van der Waals surface area (Å²) < 4.78 is 33.2. The molecule has 6 nitrogen and oxygen atoms in total. The van der Waals surface area contributed by atoms with Crippen molar-refractivity contribution in [2.24, 2.45) is 0 Å². The van der Waals surface area contributed by atoms with Crippen LogP contribution >= 0.6 is 0 Å². The Labute approximate surface area is 153 Å². The maximum atomic E-state index is 13.5. The van der Waals surface area contributed by atoms with E-state index in [1.165, 1.54) is 17.5 Å². The summed E-state index contributed by atoms with van der Waals surface area (Å²) in [6.45, 7) is 3.57. The normalized spacial score (nSPS) is 15.7. The molecule has 1 aliphatic carbocycles. The molecule has 1 fully saturated rings. The number of rotatable bonds is 6. The number of carbonyl (C=O) groups excluding carboxylic acids is 1. The van der Waals surface area contributed by atoms with E-state index < -0.39 is 22.0 Å². The van der Waals surface area contributed by atoms with Crippen molar-refractivity contribution in [1.82, 2.24) is 9.29 Å². The van der Waals surface area contributed by atoms with E-state index in [0.29, 0.717) is 11.3 Å². The highest BCUT2D eigenvalue weighted by Gasteiger charge is 2.42. The van der Waals surface area contributed by atoms with Gasteiger partial charge in [0.2, 0.25) is 10.0 Å². The summed E-state index contributed by atoms with van der Waals surface area (Å²) in [4.78, 5) is 16.3. The molecule has 1 aromatic heterocycles. The summed E-state index contributed by atoms with van der Waals surface area (Å²) in [7, 11) is -2.52. The zero-order valence-corrected chi connectivity index (χ0v) is 15.9. The van der Waals surface area contributed by atoms with Gasteiger partial charge in [-0.15, -0.1) is 0 Å². The highest BCUT2D eigenvalue weighted by molar-refractivity contribution is 7.89. The molecule has 0 N–H and O–H groups in total. The molecule has 138 valence electrons. The third-order valence-corrected chi connectivity index (χ3v) is 6.73.